The van der Waals surface area contributed by atoms with E-state index in [2.05, 4.69) is 5.32 Å². The normalized spacial score (nSPS) is 32.2. The lowest BCUT2D eigenvalue weighted by Crippen LogP contribution is -3.14. The molecule has 0 bridgehead atoms. The van der Waals surface area contributed by atoms with Crippen LogP contribution < -0.4 is 10.2 Å². The van der Waals surface area contributed by atoms with Crippen LogP contribution in [0.3, 0.4) is 0 Å². The Morgan fingerprint density at radius 1 is 1.26 bits per heavy atom. The number of quaternary nitrogens is 1. The molecule has 1 fully saturated rings. The highest BCUT2D eigenvalue weighted by Crippen LogP contribution is 2.16. The van der Waals surface area contributed by atoms with E-state index in [0.29, 0.717) is 10.5 Å². The van der Waals surface area contributed by atoms with Gasteiger partial charge in [-0.05, 0) is 17.7 Å². The Balaban J connectivity index is 2.14. The third-order valence-corrected chi connectivity index (χ3v) is 4.05. The van der Waals surface area contributed by atoms with Gasteiger partial charge in [-0.1, -0.05) is 0 Å². The van der Waals surface area contributed by atoms with E-state index in [1.807, 2.05) is 0 Å². The summed E-state index contributed by atoms with van der Waals surface area (Å²) in [4.78, 5) is 34.0. The Morgan fingerprint density at radius 2 is 1.96 bits per heavy atom. The number of likely N-dealkylation sites (tertiary alicyclic amines) is 1. The number of aliphatic carboxylic acids is 3. The van der Waals surface area contributed by atoms with Gasteiger partial charge in [0, 0.05) is 12.8 Å². The van der Waals surface area contributed by atoms with Crippen molar-refractivity contribution in [1.29, 1.82) is 0 Å². The molecular weight excluding hydrogens is 308 g/mol. The van der Waals surface area contributed by atoms with Gasteiger partial charge < -0.3 is 30.6 Å². The Labute approximate surface area is 131 Å². The Morgan fingerprint density at radius 3 is 2.52 bits per heavy atom. The Hall–Kier alpha value is -2.39. The number of aliphatic hydroxyl groups is 1. The molecule has 1 saturated heterocycles. The lowest BCUT2D eigenvalue weighted by molar-refractivity contribution is -0.899. The van der Waals surface area contributed by atoms with Crippen LogP contribution in [0.1, 0.15) is 12.8 Å². The first-order chi connectivity index (χ1) is 10.8. The SMILES string of the molecule is O=C(O)C1=CC(=CC[NH+]2CC(O)CC2C(=O)O)CC(C(=O)O)N1. The maximum absolute atomic E-state index is 11.2. The van der Waals surface area contributed by atoms with Gasteiger partial charge in [0.2, 0.25) is 0 Å². The zero-order chi connectivity index (χ0) is 17.1. The molecule has 0 amide bonds. The molecule has 126 valence electrons. The smallest absolute Gasteiger partial charge is 0.362 e. The topological polar surface area (TPSA) is 149 Å². The van der Waals surface area contributed by atoms with Gasteiger partial charge in [0.15, 0.2) is 6.04 Å². The average Bonchev–Trinajstić information content (AvgIpc) is 2.86. The highest BCUT2D eigenvalue weighted by Gasteiger charge is 2.39. The minimum absolute atomic E-state index is 0.111. The molecule has 4 atom stereocenters. The number of carboxylic acids is 3. The first kappa shape index (κ1) is 17.0. The summed E-state index contributed by atoms with van der Waals surface area (Å²) in [5, 5.41) is 39.2. The second-order valence-corrected chi connectivity index (χ2v) is 5.73. The number of hydrogen-bond acceptors (Lipinski definition) is 5. The van der Waals surface area contributed by atoms with Crippen LogP contribution in [0, 0.1) is 0 Å². The number of carbonyl (C=O) groups is 3. The fourth-order valence-electron chi connectivity index (χ4n) is 2.91. The van der Waals surface area contributed by atoms with Crippen LogP contribution >= 0.6 is 0 Å². The molecule has 2 heterocycles. The van der Waals surface area contributed by atoms with Crippen LogP contribution in [0.15, 0.2) is 23.4 Å². The Bertz CT molecular complexity index is 584. The van der Waals surface area contributed by atoms with Crippen LogP contribution in [0.5, 0.6) is 0 Å². The maximum atomic E-state index is 11.2. The quantitative estimate of drug-likeness (QED) is 0.323. The van der Waals surface area contributed by atoms with E-state index >= 15 is 0 Å². The molecule has 2 aliphatic rings. The van der Waals surface area contributed by atoms with Crippen molar-refractivity contribution < 1.29 is 39.7 Å². The van der Waals surface area contributed by atoms with E-state index in [1.54, 1.807) is 6.08 Å². The molecule has 2 rings (SSSR count). The van der Waals surface area contributed by atoms with Gasteiger partial charge in [-0.25, -0.2) is 14.4 Å². The minimum atomic E-state index is -1.26. The molecule has 0 saturated carbocycles. The van der Waals surface area contributed by atoms with Crippen molar-refractivity contribution in [2.75, 3.05) is 13.1 Å². The predicted octanol–water partition coefficient (Wildman–Crippen LogP) is -2.57. The summed E-state index contributed by atoms with van der Waals surface area (Å²) in [5.41, 5.74) is 0.313. The molecule has 0 aliphatic carbocycles. The number of rotatable bonds is 5. The van der Waals surface area contributed by atoms with E-state index < -0.39 is 36.1 Å². The van der Waals surface area contributed by atoms with Gasteiger partial charge in [0.05, 0.1) is 6.54 Å². The summed E-state index contributed by atoms with van der Waals surface area (Å²) in [5.74, 6) is -3.41. The average molecular weight is 327 g/mol. The summed E-state index contributed by atoms with van der Waals surface area (Å²) >= 11 is 0. The molecule has 0 aromatic rings. The van der Waals surface area contributed by atoms with Crippen molar-refractivity contribution >= 4 is 17.9 Å². The standard InChI is InChI=1S/C14H18N2O7/c17-8-5-11(14(22)23)16(6-8)2-1-7-3-9(12(18)19)15-10(4-7)13(20)21/h1,3,8,10-11,15,17H,2,4-6H2,(H,18,19)(H,20,21)(H,22,23)/p+1. The fourth-order valence-corrected chi connectivity index (χ4v) is 2.91. The molecule has 23 heavy (non-hydrogen) atoms. The van der Waals surface area contributed by atoms with E-state index in [9.17, 15) is 19.5 Å². The summed E-state index contributed by atoms with van der Waals surface area (Å²) in [7, 11) is 0. The summed E-state index contributed by atoms with van der Waals surface area (Å²) in [6.07, 6.45) is 2.59. The molecule has 9 nitrogen and oxygen atoms in total. The molecule has 6 N–H and O–H groups in total. The zero-order valence-electron chi connectivity index (χ0n) is 12.2. The van der Waals surface area contributed by atoms with Crippen LogP contribution in [0.25, 0.3) is 0 Å². The molecule has 0 aromatic heterocycles. The number of aliphatic hydroxyl groups excluding tert-OH is 1. The van der Waals surface area contributed by atoms with Crippen molar-refractivity contribution in [3.63, 3.8) is 0 Å². The van der Waals surface area contributed by atoms with Gasteiger partial charge in [0.1, 0.15) is 24.4 Å². The van der Waals surface area contributed by atoms with E-state index in [4.69, 9.17) is 15.3 Å². The summed E-state index contributed by atoms with van der Waals surface area (Å²) in [6, 6.07) is -1.76. The highest BCUT2D eigenvalue weighted by molar-refractivity contribution is 5.89. The van der Waals surface area contributed by atoms with Crippen molar-refractivity contribution in [3.8, 4) is 0 Å². The Kier molecular flexibility index (Phi) is 5.02. The van der Waals surface area contributed by atoms with Gasteiger partial charge in [-0.3, -0.25) is 0 Å². The van der Waals surface area contributed by atoms with Crippen molar-refractivity contribution in [2.45, 2.75) is 31.0 Å². The lowest BCUT2D eigenvalue weighted by atomic mass is 10.00. The number of hydrogen-bond donors (Lipinski definition) is 6. The summed E-state index contributed by atoms with van der Waals surface area (Å²) in [6.45, 7) is 0.565. The lowest BCUT2D eigenvalue weighted by Gasteiger charge is -2.23. The number of allylic oxidation sites excluding steroid dienone is 1. The van der Waals surface area contributed by atoms with Gasteiger partial charge >= 0.3 is 17.9 Å². The molecule has 2 aliphatic heterocycles. The van der Waals surface area contributed by atoms with Crippen molar-refractivity contribution in [3.05, 3.63) is 23.4 Å². The summed E-state index contributed by atoms with van der Waals surface area (Å²) < 4.78 is 0. The largest absolute Gasteiger partial charge is 0.480 e. The number of nitrogens with one attached hydrogen (secondary N) is 2. The van der Waals surface area contributed by atoms with Gasteiger partial charge in [-0.15, -0.1) is 0 Å². The highest BCUT2D eigenvalue weighted by atomic mass is 16.4. The van der Waals surface area contributed by atoms with Crippen LogP contribution in [0.4, 0.5) is 0 Å². The molecule has 0 aromatic carbocycles. The van der Waals surface area contributed by atoms with Crippen LogP contribution in [0.2, 0.25) is 0 Å². The van der Waals surface area contributed by atoms with Crippen molar-refractivity contribution in [1.82, 2.24) is 5.32 Å². The third kappa shape index (κ3) is 4.08. The maximum Gasteiger partial charge on any atom is 0.362 e. The third-order valence-electron chi connectivity index (χ3n) is 4.05. The monoisotopic (exact) mass is 327 g/mol. The molecule has 0 radical (unpaired) electrons. The van der Waals surface area contributed by atoms with E-state index in [0.717, 1.165) is 0 Å². The van der Waals surface area contributed by atoms with Crippen molar-refractivity contribution in [2.24, 2.45) is 0 Å². The molecule has 0 spiro atoms. The van der Waals surface area contributed by atoms with E-state index in [1.165, 1.54) is 6.08 Å². The second kappa shape index (κ2) is 6.80. The fraction of sp³-hybridized carbons (Fsp3) is 0.500. The van der Waals surface area contributed by atoms with Crippen LogP contribution in [-0.2, 0) is 14.4 Å². The van der Waals surface area contributed by atoms with E-state index in [-0.39, 0.29) is 31.6 Å². The molecule has 9 heteroatoms. The predicted molar refractivity (Wildman–Crippen MR) is 75.7 cm³/mol. The van der Waals surface area contributed by atoms with Gasteiger partial charge in [0.25, 0.3) is 0 Å². The molecular formula is C14H19N2O7+. The second-order valence-electron chi connectivity index (χ2n) is 5.73. The van der Waals surface area contributed by atoms with Crippen LogP contribution in [-0.4, -0.2) is 69.6 Å². The molecule has 4 unspecified atom stereocenters. The zero-order valence-corrected chi connectivity index (χ0v) is 12.2. The first-order valence-electron chi connectivity index (χ1n) is 7.16. The van der Waals surface area contributed by atoms with Gasteiger partial charge in [-0.2, -0.15) is 0 Å². The first-order valence-corrected chi connectivity index (χ1v) is 7.16. The minimum Gasteiger partial charge on any atom is -0.480 e. The number of carboxylic acid groups (broad SMARTS) is 3.